The summed E-state index contributed by atoms with van der Waals surface area (Å²) in [6.07, 6.45) is 0. The van der Waals surface area contributed by atoms with Gasteiger partial charge in [0.25, 0.3) is 8.87 Å². The number of halogens is 3. The van der Waals surface area contributed by atoms with Crippen molar-refractivity contribution in [3.8, 4) is 0 Å². The molecule has 0 aliphatic carbocycles. The van der Waals surface area contributed by atoms with Crippen LogP contribution in [0.15, 0.2) is 106 Å². The van der Waals surface area contributed by atoms with E-state index >= 15 is 0 Å². The van der Waals surface area contributed by atoms with Crippen LogP contribution in [-0.2, 0) is 8.87 Å². The van der Waals surface area contributed by atoms with Gasteiger partial charge in [0.05, 0.1) is 0 Å². The fraction of sp³-hybridized carbons (Fsp3) is 0.0526. The number of benzene rings is 3. The molecule has 0 spiro atoms. The van der Waals surface area contributed by atoms with E-state index in [4.69, 9.17) is 0 Å². The lowest BCUT2D eigenvalue weighted by Crippen LogP contribution is -2.29. The van der Waals surface area contributed by atoms with Crippen LogP contribution in [0.2, 0.25) is 0 Å². The number of rotatable bonds is 4. The highest BCUT2D eigenvalue weighted by Crippen LogP contribution is 2.75. The van der Waals surface area contributed by atoms with Gasteiger partial charge in [0.15, 0.2) is 0 Å². The Morgan fingerprint density at radius 3 is 1.04 bits per heavy atom. The fourth-order valence-electron chi connectivity index (χ4n) is 2.77. The molecule has 0 heterocycles. The van der Waals surface area contributed by atoms with E-state index in [0.717, 1.165) is 0 Å². The first-order valence-corrected chi connectivity index (χ1v) is 11.2. The summed E-state index contributed by atoms with van der Waals surface area (Å²) in [5, 5.41) is 0. The van der Waals surface area contributed by atoms with Gasteiger partial charge in [-0.25, -0.2) is 8.42 Å². The maximum Gasteiger partial charge on any atom is 0.506 e. The second-order valence-electron chi connectivity index (χ2n) is 5.40. The van der Waals surface area contributed by atoms with Crippen LogP contribution in [0.25, 0.3) is 0 Å². The normalized spacial score (nSPS) is 13.3. The highest BCUT2D eigenvalue weighted by molar-refractivity contribution is 8.90. The zero-order valence-electron chi connectivity index (χ0n) is 13.4. The molecule has 3 aromatic rings. The van der Waals surface area contributed by atoms with Gasteiger partial charge in [-0.2, -0.15) is 13.2 Å². The summed E-state index contributed by atoms with van der Waals surface area (Å²) in [4.78, 5) is 0.360. The second-order valence-corrected chi connectivity index (χ2v) is 12.1. The molecule has 0 amide bonds. The van der Waals surface area contributed by atoms with Gasteiger partial charge in [-0.3, -0.25) is 0 Å². The Kier molecular flexibility index (Phi) is 4.86. The van der Waals surface area contributed by atoms with E-state index in [1.54, 1.807) is 54.6 Å². The van der Waals surface area contributed by atoms with Gasteiger partial charge in [0.1, 0.15) is 0 Å². The molecule has 136 valence electrons. The molecule has 0 saturated carbocycles. The quantitative estimate of drug-likeness (QED) is 0.521. The molecule has 0 aliphatic rings. The van der Waals surface area contributed by atoms with Crippen molar-refractivity contribution in [2.75, 3.05) is 0 Å². The fourth-order valence-corrected chi connectivity index (χ4v) is 10.4. The van der Waals surface area contributed by atoms with E-state index < -0.39 is 23.4 Å². The zero-order valence-corrected chi connectivity index (χ0v) is 15.1. The Hall–Kier alpha value is -2.25. The first-order chi connectivity index (χ1) is 12.3. The molecule has 26 heavy (non-hydrogen) atoms. The number of alkyl halides is 3. The van der Waals surface area contributed by atoms with Crippen molar-refractivity contribution in [2.45, 2.75) is 20.2 Å². The van der Waals surface area contributed by atoms with Crippen molar-refractivity contribution in [3.05, 3.63) is 91.0 Å². The molecular weight excluding hydrogens is 381 g/mol. The predicted octanol–water partition coefficient (Wildman–Crippen LogP) is 5.82. The molecule has 0 atom stereocenters. The molecule has 0 aliphatic heterocycles. The van der Waals surface area contributed by atoms with Gasteiger partial charge in [-0.1, -0.05) is 54.6 Å². The minimum atomic E-state index is -5.58. The van der Waals surface area contributed by atoms with E-state index in [2.05, 4.69) is 0 Å². The maximum absolute atomic E-state index is 13.8. The Balaban J connectivity index is 2.53. The lowest BCUT2D eigenvalue weighted by molar-refractivity contribution is -0.0411. The first-order valence-electron chi connectivity index (χ1n) is 7.62. The first kappa shape index (κ1) is 18.5. The van der Waals surface area contributed by atoms with Gasteiger partial charge < -0.3 is 0 Å². The Bertz CT molecular complexity index is 875. The largest absolute Gasteiger partial charge is 0.506 e. The average Bonchev–Trinajstić information content (AvgIpc) is 2.64. The SMILES string of the molecule is O=S(=O)(C(F)(F)F)S(c1ccccc1)(c1ccccc1)c1ccccc1. The molecule has 0 N–H and O–H groups in total. The minimum absolute atomic E-state index is 0.120. The standard InChI is InChI=1S/C19H15F3O2S2/c20-19(21,22)26(23,24)25(16-10-4-1-5-11-16,17-12-6-2-7-13-17)18-14-8-3-9-15-18/h1-15H. The van der Waals surface area contributed by atoms with Crippen molar-refractivity contribution in [2.24, 2.45) is 0 Å². The molecule has 3 rings (SSSR count). The average molecular weight is 396 g/mol. The van der Waals surface area contributed by atoms with E-state index in [-0.39, 0.29) is 14.7 Å². The second kappa shape index (κ2) is 6.81. The van der Waals surface area contributed by atoms with Crippen molar-refractivity contribution in [1.29, 1.82) is 0 Å². The van der Waals surface area contributed by atoms with Crippen LogP contribution >= 0.6 is 9.06 Å². The Morgan fingerprint density at radius 2 is 0.808 bits per heavy atom. The topological polar surface area (TPSA) is 34.1 Å². The molecule has 0 radical (unpaired) electrons. The van der Waals surface area contributed by atoms with Crippen LogP contribution in [0.5, 0.6) is 0 Å². The molecule has 0 bridgehead atoms. The molecule has 7 heteroatoms. The summed E-state index contributed by atoms with van der Waals surface area (Å²) in [6, 6.07) is 22.9. The summed E-state index contributed by atoms with van der Waals surface area (Å²) in [5.74, 6) is 0. The molecule has 2 nitrogen and oxygen atoms in total. The third-order valence-electron chi connectivity index (χ3n) is 3.84. The number of hydrogen-bond donors (Lipinski definition) is 0. The molecule has 3 aromatic carbocycles. The summed E-state index contributed by atoms with van der Waals surface area (Å²) in [5.41, 5.74) is -5.40. The molecule has 0 unspecified atom stereocenters. The third-order valence-corrected chi connectivity index (χ3v) is 12.1. The Labute approximate surface area is 150 Å². The van der Waals surface area contributed by atoms with Crippen molar-refractivity contribution < 1.29 is 21.6 Å². The van der Waals surface area contributed by atoms with E-state index in [0.29, 0.717) is 0 Å². The third kappa shape index (κ3) is 2.81. The van der Waals surface area contributed by atoms with Crippen LogP contribution in [-0.4, -0.2) is 13.9 Å². The highest BCUT2D eigenvalue weighted by Gasteiger charge is 2.59. The van der Waals surface area contributed by atoms with E-state index in [1.165, 1.54) is 36.4 Å². The van der Waals surface area contributed by atoms with Gasteiger partial charge in [0, 0.05) is 14.7 Å². The predicted molar refractivity (Wildman–Crippen MR) is 96.7 cm³/mol. The lowest BCUT2D eigenvalue weighted by Gasteiger charge is -2.40. The van der Waals surface area contributed by atoms with Crippen molar-refractivity contribution in [3.63, 3.8) is 0 Å². The maximum atomic E-state index is 13.8. The van der Waals surface area contributed by atoms with E-state index in [1.807, 2.05) is 0 Å². The monoisotopic (exact) mass is 396 g/mol. The van der Waals surface area contributed by atoms with Gasteiger partial charge in [-0.15, -0.1) is 0 Å². The molecule has 0 fully saturated rings. The van der Waals surface area contributed by atoms with Crippen LogP contribution in [0.4, 0.5) is 13.2 Å². The van der Waals surface area contributed by atoms with Crippen LogP contribution < -0.4 is 0 Å². The van der Waals surface area contributed by atoms with E-state index in [9.17, 15) is 21.6 Å². The van der Waals surface area contributed by atoms with Crippen LogP contribution in [0, 0.1) is 0 Å². The molecule has 0 saturated heterocycles. The lowest BCUT2D eigenvalue weighted by atomic mass is 10.4. The Morgan fingerprint density at radius 1 is 0.538 bits per heavy atom. The molecule has 0 aromatic heterocycles. The van der Waals surface area contributed by atoms with Crippen LogP contribution in [0.3, 0.4) is 0 Å². The highest BCUT2D eigenvalue weighted by atomic mass is 33.2. The summed E-state index contributed by atoms with van der Waals surface area (Å²) in [6.45, 7) is 0. The van der Waals surface area contributed by atoms with Gasteiger partial charge in [-0.05, 0) is 45.5 Å². The summed E-state index contributed by atoms with van der Waals surface area (Å²) < 4.78 is 67.4. The van der Waals surface area contributed by atoms with Gasteiger partial charge in [0.2, 0.25) is 0 Å². The molecular formula is C19H15F3O2S2. The van der Waals surface area contributed by atoms with Crippen molar-refractivity contribution >= 4 is 17.9 Å². The smallest absolute Gasteiger partial charge is 0.209 e. The van der Waals surface area contributed by atoms with Crippen molar-refractivity contribution in [1.82, 2.24) is 0 Å². The minimum Gasteiger partial charge on any atom is -0.209 e. The van der Waals surface area contributed by atoms with Crippen LogP contribution in [0.1, 0.15) is 0 Å². The number of hydrogen-bond acceptors (Lipinski definition) is 2. The zero-order chi connectivity index (χ0) is 18.8. The van der Waals surface area contributed by atoms with Gasteiger partial charge >= 0.3 is 5.51 Å². The summed E-state index contributed by atoms with van der Waals surface area (Å²) >= 11 is 0. The summed E-state index contributed by atoms with van der Waals surface area (Å²) in [7, 11) is -9.20.